The topological polar surface area (TPSA) is 339 Å². The minimum atomic E-state index is -1.03. The van der Waals surface area contributed by atoms with Crippen molar-refractivity contribution in [2.75, 3.05) is 98.2 Å². The van der Waals surface area contributed by atoms with Crippen molar-refractivity contribution in [3.8, 4) is 0 Å². The van der Waals surface area contributed by atoms with Gasteiger partial charge in [0, 0.05) is 98.2 Å². The zero-order valence-corrected chi connectivity index (χ0v) is 52.7. The molecule has 0 bridgehead atoms. The van der Waals surface area contributed by atoms with Gasteiger partial charge in [0.25, 0.3) is 0 Å². The fourth-order valence-electron chi connectivity index (χ4n) is 11.5. The van der Waals surface area contributed by atoms with Crippen molar-refractivity contribution in [2.45, 2.75) is 102 Å². The summed E-state index contributed by atoms with van der Waals surface area (Å²) in [6.07, 6.45) is 17.8. The molecule has 2 aliphatic carbocycles. The molecule has 0 saturated carbocycles. The Morgan fingerprint density at radius 2 is 0.612 bits per heavy atom. The van der Waals surface area contributed by atoms with Crippen LogP contribution in [0.3, 0.4) is 0 Å². The van der Waals surface area contributed by atoms with E-state index in [0.29, 0.717) is 32.1 Å². The smallest absolute Gasteiger partial charge is 0.548 e. The molecule has 0 aromatic heterocycles. The molecule has 2 aromatic rings. The Hall–Kier alpha value is -6.86. The molecule has 7 unspecified atom stereocenters. The summed E-state index contributed by atoms with van der Waals surface area (Å²) in [5.74, 6) is -1.53. The van der Waals surface area contributed by atoms with Crippen LogP contribution in [0.15, 0.2) is 85.6 Å². The second-order valence-corrected chi connectivity index (χ2v) is 25.7. The van der Waals surface area contributed by atoms with Crippen LogP contribution in [-0.4, -0.2) is 232 Å². The van der Waals surface area contributed by atoms with Crippen LogP contribution in [0.4, 0.5) is 0 Å². The van der Waals surface area contributed by atoms with E-state index in [1.165, 1.54) is 11.1 Å². The van der Waals surface area contributed by atoms with E-state index in [1.54, 1.807) is 11.1 Å². The number of allylic oxidation sites excluding steroid dienone is 2. The second-order valence-electron chi connectivity index (χ2n) is 21.9. The van der Waals surface area contributed by atoms with Crippen LogP contribution in [0.1, 0.15) is 93.7 Å². The SMILES string of the molecule is C1=C[CH]([Zr+2][CH]2C=Cc3ccccc32)c2ccccc21.O=C([O-])C1CCN2CCCN=C2N1.O=C([O-])C1CCN2CCCN=C2N1.O=C([O-])C1CCN2CCCN=C2N1.O=C([O-])C1CCN2CCCN=C2N1.O=C([O-])C1CCN2CCCN=C2N1.[Ga+3]. The number of carboxylic acid groups (broad SMARTS) is 5. The van der Waals surface area contributed by atoms with Gasteiger partial charge in [-0.25, -0.2) is 0 Å². The first-order valence-electron chi connectivity index (χ1n) is 29.4. The number of rotatable bonds is 7. The third kappa shape index (κ3) is 17.6. The number of fused-ring (bicyclic) bond motifs is 7. The van der Waals surface area contributed by atoms with Gasteiger partial charge in [0.1, 0.15) is 0 Å². The van der Waals surface area contributed by atoms with Crippen molar-refractivity contribution in [3.05, 3.63) is 82.9 Å². The number of carbonyl (C=O) groups excluding carboxylic acids is 5. The quantitative estimate of drug-likeness (QED) is 0.162. The molecule has 7 atom stereocenters. The molecule has 5 N–H and O–H groups in total. The first-order chi connectivity index (χ1) is 40.8. The van der Waals surface area contributed by atoms with Crippen LogP contribution in [0.25, 0.3) is 12.2 Å². The Labute approximate surface area is 520 Å². The summed E-state index contributed by atoms with van der Waals surface area (Å²) in [7, 11) is 0. The number of carbonyl (C=O) groups is 5. The number of aliphatic carboxylic acids is 5. The van der Waals surface area contributed by atoms with Gasteiger partial charge in [0.2, 0.25) is 0 Å². The Morgan fingerprint density at radius 1 is 0.376 bits per heavy atom. The van der Waals surface area contributed by atoms with Crippen molar-refractivity contribution in [3.63, 3.8) is 0 Å². The molecule has 14 rings (SSSR count). The summed E-state index contributed by atoms with van der Waals surface area (Å²) in [6.45, 7) is 12.7. The fraction of sp³-hybridized carbons (Fsp3) is 0.552. The Bertz CT molecular complexity index is 2550. The minimum absolute atomic E-state index is 0. The van der Waals surface area contributed by atoms with E-state index in [4.69, 9.17) is 0 Å². The van der Waals surface area contributed by atoms with Gasteiger partial charge < -0.3 is 101 Å². The van der Waals surface area contributed by atoms with Gasteiger partial charge in [-0.15, -0.1) is 0 Å². The maximum atomic E-state index is 10.6. The monoisotopic (exact) mass is 1300 g/mol. The average molecular weight is 1300 g/mol. The summed E-state index contributed by atoms with van der Waals surface area (Å²) < 4.78 is 1.47. The van der Waals surface area contributed by atoms with Gasteiger partial charge in [-0.05, 0) is 64.2 Å². The maximum absolute atomic E-state index is 10.6. The molecule has 448 valence electrons. The number of guanidine groups is 5. The van der Waals surface area contributed by atoms with E-state index in [1.807, 2.05) is 0 Å². The summed E-state index contributed by atoms with van der Waals surface area (Å²) in [6, 6.07) is 14.9. The molecule has 25 nitrogen and oxygen atoms in total. The van der Waals surface area contributed by atoms with E-state index in [-0.39, 0.29) is 19.8 Å². The molecule has 2 aromatic carbocycles. The number of hydrogen-bond donors (Lipinski definition) is 5. The van der Waals surface area contributed by atoms with Gasteiger partial charge in [0.15, 0.2) is 29.8 Å². The summed E-state index contributed by atoms with van der Waals surface area (Å²) in [5.41, 5.74) is 5.99. The van der Waals surface area contributed by atoms with Crippen LogP contribution in [0.2, 0.25) is 0 Å². The minimum Gasteiger partial charge on any atom is -0.548 e. The predicted octanol–water partition coefficient (Wildman–Crippen LogP) is -4.98. The average Bonchev–Trinajstić information content (AvgIpc) is 4.27. The molecule has 0 spiro atoms. The van der Waals surface area contributed by atoms with E-state index in [0.717, 1.165) is 167 Å². The van der Waals surface area contributed by atoms with Crippen LogP contribution >= 0.6 is 0 Å². The van der Waals surface area contributed by atoms with Crippen molar-refractivity contribution < 1.29 is 72.7 Å². The Kier molecular flexibility index (Phi) is 23.8. The van der Waals surface area contributed by atoms with Crippen molar-refractivity contribution in [1.29, 1.82) is 0 Å². The number of hydrogen-bond acceptors (Lipinski definition) is 25. The first kappa shape index (κ1) is 64.1. The van der Waals surface area contributed by atoms with Crippen LogP contribution in [0.5, 0.6) is 0 Å². The fourth-order valence-corrected chi connectivity index (χ4v) is 15.6. The number of nitrogens with zero attached hydrogens (tertiary/aromatic N) is 10. The molecule has 5 fully saturated rings. The molecule has 85 heavy (non-hydrogen) atoms. The molecule has 5 saturated heterocycles. The molecule has 27 heteroatoms. The summed E-state index contributed by atoms with van der Waals surface area (Å²) in [5, 5.41) is 67.3. The summed E-state index contributed by atoms with van der Waals surface area (Å²) in [4.78, 5) is 84.5. The van der Waals surface area contributed by atoms with Gasteiger partial charge in [-0.3, -0.25) is 25.0 Å². The molecular formula is C58H74GaN15O10Zr. The Morgan fingerprint density at radius 3 is 0.847 bits per heavy atom. The van der Waals surface area contributed by atoms with E-state index in [9.17, 15) is 49.5 Å². The van der Waals surface area contributed by atoms with E-state index >= 15 is 0 Å². The zero-order valence-electron chi connectivity index (χ0n) is 47.8. The molecule has 10 aliphatic heterocycles. The third-order valence-corrected chi connectivity index (χ3v) is 20.3. The maximum Gasteiger partial charge on any atom is 3.00 e. The second kappa shape index (κ2) is 31.5. The van der Waals surface area contributed by atoms with Gasteiger partial charge in [-0.1, -0.05) is 0 Å². The van der Waals surface area contributed by atoms with Gasteiger partial charge in [-0.2, -0.15) is 0 Å². The number of aliphatic imine (C=N–C) groups is 5. The van der Waals surface area contributed by atoms with Crippen LogP contribution in [-0.2, 0) is 47.2 Å². The number of nitrogens with one attached hydrogen (secondary N) is 5. The zero-order chi connectivity index (χ0) is 59.0. The molecule has 12 aliphatic rings. The van der Waals surface area contributed by atoms with Gasteiger partial charge in [0.05, 0.1) is 60.1 Å². The largest absolute Gasteiger partial charge is 3.00 e. The van der Waals surface area contributed by atoms with Crippen LogP contribution < -0.4 is 52.1 Å². The number of benzene rings is 2. The summed E-state index contributed by atoms with van der Waals surface area (Å²) >= 11 is -0.542. The molecular weight excluding hydrogens is 1230 g/mol. The van der Waals surface area contributed by atoms with Crippen molar-refractivity contribution in [1.82, 2.24) is 51.1 Å². The van der Waals surface area contributed by atoms with Gasteiger partial charge >= 0.3 is 145 Å². The van der Waals surface area contributed by atoms with E-state index < -0.39 is 83.3 Å². The molecule has 0 amide bonds. The molecule has 0 radical (unpaired) electrons. The third-order valence-electron chi connectivity index (χ3n) is 16.1. The van der Waals surface area contributed by atoms with Crippen molar-refractivity contribution in [2.24, 2.45) is 25.0 Å². The van der Waals surface area contributed by atoms with Crippen molar-refractivity contribution >= 4 is 91.6 Å². The van der Waals surface area contributed by atoms with E-state index in [2.05, 4.69) is 149 Å². The van der Waals surface area contributed by atoms with Crippen LogP contribution in [0, 0.1) is 0 Å². The first-order valence-corrected chi connectivity index (χ1v) is 32.3. The molecule has 10 heterocycles. The predicted molar refractivity (Wildman–Crippen MR) is 307 cm³/mol. The standard InChI is InChI=1S/2C9H7.5C8H13N3O2.Ga.Zr/c2*1-2-5-9-7-3-6-8(9)4-1;5*12-7(13)6-2-5-11-4-1-3-9-8(11)10-6;;/h2*1-7H;5*6H,1-5H2,(H,9,10)(H,12,13);;/q;;;;;;;+3;+2/p-5. The number of carboxylic acids is 5. The Balaban J connectivity index is 0.000000133. The normalized spacial score (nSPS) is 25.8.